The molecule has 2 aromatic rings. The summed E-state index contributed by atoms with van der Waals surface area (Å²) >= 11 is 0. The zero-order valence-electron chi connectivity index (χ0n) is 13.9. The minimum atomic E-state index is -0.315. The number of aromatic nitrogens is 1. The molecule has 0 spiro atoms. The molecule has 0 atom stereocenters. The summed E-state index contributed by atoms with van der Waals surface area (Å²) < 4.78 is 12.2. The number of rotatable bonds is 2. The van der Waals surface area contributed by atoms with Crippen molar-refractivity contribution >= 4 is 12.6 Å². The first kappa shape index (κ1) is 15.3. The van der Waals surface area contributed by atoms with E-state index in [1.165, 1.54) is 0 Å². The van der Waals surface area contributed by atoms with Gasteiger partial charge in [-0.3, -0.25) is 4.98 Å². The van der Waals surface area contributed by atoms with E-state index in [-0.39, 0.29) is 18.3 Å². The summed E-state index contributed by atoms with van der Waals surface area (Å²) in [6, 6.07) is 14.3. The Hall–Kier alpha value is -1.65. The monoisotopic (exact) mass is 295 g/mol. The summed E-state index contributed by atoms with van der Waals surface area (Å²) in [7, 11) is -0.315. The van der Waals surface area contributed by atoms with Crippen LogP contribution in [0.3, 0.4) is 0 Å². The summed E-state index contributed by atoms with van der Waals surface area (Å²) in [5, 5.41) is 0. The van der Waals surface area contributed by atoms with Crippen LogP contribution < -0.4 is 5.46 Å². The molecule has 3 nitrogen and oxygen atoms in total. The highest BCUT2D eigenvalue weighted by atomic mass is 16.7. The smallest absolute Gasteiger partial charge is 0.399 e. The first-order chi connectivity index (χ1) is 10.3. The number of nitrogens with zero attached hydrogens (tertiary/aromatic N) is 1. The van der Waals surface area contributed by atoms with Crippen LogP contribution in [0.2, 0.25) is 0 Å². The molecule has 0 amide bonds. The molecule has 22 heavy (non-hydrogen) atoms. The van der Waals surface area contributed by atoms with Crippen LogP contribution in [0.1, 0.15) is 33.4 Å². The minimum absolute atomic E-state index is 0.311. The zero-order valence-corrected chi connectivity index (χ0v) is 13.9. The SMILES string of the molecule is Cc1cccc(-c2ccc(B3OC(C)(C)C(C)(C)O3)cc2)n1. The first-order valence-corrected chi connectivity index (χ1v) is 7.68. The van der Waals surface area contributed by atoms with Crippen LogP contribution in [0.4, 0.5) is 0 Å². The fourth-order valence-corrected chi connectivity index (χ4v) is 2.49. The highest BCUT2D eigenvalue weighted by Crippen LogP contribution is 2.36. The van der Waals surface area contributed by atoms with Crippen molar-refractivity contribution < 1.29 is 9.31 Å². The van der Waals surface area contributed by atoms with Crippen molar-refractivity contribution in [3.05, 3.63) is 48.2 Å². The lowest BCUT2D eigenvalue weighted by atomic mass is 9.79. The molecule has 2 heterocycles. The van der Waals surface area contributed by atoms with Gasteiger partial charge < -0.3 is 9.31 Å². The normalized spacial score (nSPS) is 19.4. The molecule has 0 bridgehead atoms. The van der Waals surface area contributed by atoms with Crippen LogP contribution in [-0.4, -0.2) is 23.3 Å². The maximum Gasteiger partial charge on any atom is 0.494 e. The summed E-state index contributed by atoms with van der Waals surface area (Å²) in [5.41, 5.74) is 3.52. The second-order valence-electron chi connectivity index (χ2n) is 6.87. The molecule has 0 radical (unpaired) electrons. The number of pyridine rings is 1. The van der Waals surface area contributed by atoms with E-state index in [0.717, 1.165) is 22.4 Å². The van der Waals surface area contributed by atoms with Gasteiger partial charge in [0, 0.05) is 11.3 Å². The molecule has 1 fully saturated rings. The van der Waals surface area contributed by atoms with Crippen molar-refractivity contribution in [2.24, 2.45) is 0 Å². The second kappa shape index (κ2) is 5.22. The predicted molar refractivity (Wildman–Crippen MR) is 90.1 cm³/mol. The third kappa shape index (κ3) is 2.69. The number of aryl methyl sites for hydroxylation is 1. The minimum Gasteiger partial charge on any atom is -0.399 e. The van der Waals surface area contributed by atoms with Gasteiger partial charge in [0.25, 0.3) is 0 Å². The average Bonchev–Trinajstić information content (AvgIpc) is 2.68. The Morgan fingerprint density at radius 3 is 2.00 bits per heavy atom. The van der Waals surface area contributed by atoms with Crippen molar-refractivity contribution in [2.75, 3.05) is 0 Å². The van der Waals surface area contributed by atoms with Crippen LogP contribution in [0, 0.1) is 6.92 Å². The molecule has 0 N–H and O–H groups in total. The molecule has 0 aliphatic carbocycles. The van der Waals surface area contributed by atoms with Gasteiger partial charge in [-0.15, -0.1) is 0 Å². The largest absolute Gasteiger partial charge is 0.494 e. The third-order valence-electron chi connectivity index (χ3n) is 4.62. The molecule has 0 saturated carbocycles. The third-order valence-corrected chi connectivity index (χ3v) is 4.62. The van der Waals surface area contributed by atoms with Crippen molar-refractivity contribution in [1.82, 2.24) is 4.98 Å². The van der Waals surface area contributed by atoms with E-state index in [1.807, 2.05) is 25.1 Å². The lowest BCUT2D eigenvalue weighted by molar-refractivity contribution is 0.00578. The molecule has 4 heteroatoms. The Bertz CT molecular complexity index is 664. The Morgan fingerprint density at radius 2 is 1.45 bits per heavy atom. The van der Waals surface area contributed by atoms with Gasteiger partial charge in [-0.2, -0.15) is 0 Å². The molecule has 114 valence electrons. The lowest BCUT2D eigenvalue weighted by Gasteiger charge is -2.32. The predicted octanol–water partition coefficient (Wildman–Crippen LogP) is 3.36. The fourth-order valence-electron chi connectivity index (χ4n) is 2.49. The molecular weight excluding hydrogens is 273 g/mol. The zero-order chi connectivity index (χ0) is 16.0. The quantitative estimate of drug-likeness (QED) is 0.796. The van der Waals surface area contributed by atoms with Gasteiger partial charge in [0.1, 0.15) is 0 Å². The highest BCUT2D eigenvalue weighted by Gasteiger charge is 2.51. The lowest BCUT2D eigenvalue weighted by Crippen LogP contribution is -2.41. The highest BCUT2D eigenvalue weighted by molar-refractivity contribution is 6.62. The van der Waals surface area contributed by atoms with Crippen molar-refractivity contribution in [1.29, 1.82) is 0 Å². The molecule has 1 saturated heterocycles. The molecule has 1 aliphatic heterocycles. The van der Waals surface area contributed by atoms with Crippen LogP contribution in [-0.2, 0) is 9.31 Å². The first-order valence-electron chi connectivity index (χ1n) is 7.68. The Labute approximate surface area is 132 Å². The Kier molecular flexibility index (Phi) is 3.62. The van der Waals surface area contributed by atoms with E-state index in [2.05, 4.69) is 56.9 Å². The van der Waals surface area contributed by atoms with Gasteiger partial charge in [0.05, 0.1) is 16.9 Å². The topological polar surface area (TPSA) is 31.4 Å². The Balaban J connectivity index is 1.84. The average molecular weight is 295 g/mol. The van der Waals surface area contributed by atoms with Crippen LogP contribution in [0.25, 0.3) is 11.3 Å². The van der Waals surface area contributed by atoms with E-state index in [0.29, 0.717) is 0 Å². The van der Waals surface area contributed by atoms with Crippen LogP contribution in [0.5, 0.6) is 0 Å². The molecule has 1 aromatic heterocycles. The number of hydrogen-bond acceptors (Lipinski definition) is 3. The van der Waals surface area contributed by atoms with Crippen molar-refractivity contribution in [3.63, 3.8) is 0 Å². The second-order valence-corrected chi connectivity index (χ2v) is 6.87. The Morgan fingerprint density at radius 1 is 0.864 bits per heavy atom. The molecular formula is C18H22BNO2. The van der Waals surface area contributed by atoms with Crippen LogP contribution >= 0.6 is 0 Å². The van der Waals surface area contributed by atoms with E-state index >= 15 is 0 Å². The van der Waals surface area contributed by atoms with Gasteiger partial charge in [0.15, 0.2) is 0 Å². The molecule has 1 aliphatic rings. The van der Waals surface area contributed by atoms with E-state index in [1.54, 1.807) is 0 Å². The molecule has 1 aromatic carbocycles. The number of hydrogen-bond donors (Lipinski definition) is 0. The standard InChI is InChI=1S/C18H22BNO2/c1-13-7-6-8-16(20-13)14-9-11-15(12-10-14)19-21-17(2,3)18(4,5)22-19/h6-12H,1-5H3. The summed E-state index contributed by atoms with van der Waals surface area (Å²) in [4.78, 5) is 4.55. The summed E-state index contributed by atoms with van der Waals surface area (Å²) in [5.74, 6) is 0. The summed E-state index contributed by atoms with van der Waals surface area (Å²) in [6.07, 6.45) is 0. The maximum absolute atomic E-state index is 6.08. The van der Waals surface area contributed by atoms with E-state index < -0.39 is 0 Å². The van der Waals surface area contributed by atoms with Gasteiger partial charge in [-0.1, -0.05) is 30.3 Å². The van der Waals surface area contributed by atoms with Crippen LogP contribution in [0.15, 0.2) is 42.5 Å². The van der Waals surface area contributed by atoms with E-state index in [4.69, 9.17) is 9.31 Å². The van der Waals surface area contributed by atoms with Gasteiger partial charge in [0.2, 0.25) is 0 Å². The fraction of sp³-hybridized carbons (Fsp3) is 0.389. The van der Waals surface area contributed by atoms with E-state index in [9.17, 15) is 0 Å². The molecule has 0 unspecified atom stereocenters. The van der Waals surface area contributed by atoms with Gasteiger partial charge >= 0.3 is 7.12 Å². The van der Waals surface area contributed by atoms with Gasteiger partial charge in [-0.05, 0) is 52.2 Å². The maximum atomic E-state index is 6.08. The summed E-state index contributed by atoms with van der Waals surface area (Å²) in [6.45, 7) is 10.3. The number of benzene rings is 1. The van der Waals surface area contributed by atoms with Gasteiger partial charge in [-0.25, -0.2) is 0 Å². The van der Waals surface area contributed by atoms with Crippen molar-refractivity contribution in [3.8, 4) is 11.3 Å². The van der Waals surface area contributed by atoms with Crippen molar-refractivity contribution in [2.45, 2.75) is 45.8 Å². The molecule has 3 rings (SSSR count).